The van der Waals surface area contributed by atoms with Crippen LogP contribution in [-0.4, -0.2) is 193 Å². The molecule has 1 amide bonds. The minimum Gasteiger partial charge on any atom is -0.394 e. The van der Waals surface area contributed by atoms with Gasteiger partial charge in [0, 0.05) is 6.42 Å². The fourth-order valence-electron chi connectivity index (χ4n) is 12.1. The Morgan fingerprint density at radius 1 is 0.398 bits per heavy atom. The Morgan fingerprint density at radius 2 is 0.742 bits per heavy atom. The van der Waals surface area contributed by atoms with E-state index >= 15 is 0 Å². The summed E-state index contributed by atoms with van der Waals surface area (Å²) in [7, 11) is 0. The van der Waals surface area contributed by atoms with Gasteiger partial charge in [-0.05, 0) is 64.2 Å². The number of allylic oxidation sites excluding steroid dienone is 11. The Labute approximate surface area is 559 Å². The number of carbonyl (C=O) groups is 1. The molecule has 3 heterocycles. The minimum atomic E-state index is -1.98. The molecule has 93 heavy (non-hydrogen) atoms. The monoisotopic (exact) mass is 1320 g/mol. The number of amides is 1. The van der Waals surface area contributed by atoms with Gasteiger partial charge in [-0.1, -0.05) is 260 Å². The van der Waals surface area contributed by atoms with Crippen molar-refractivity contribution in [3.63, 3.8) is 0 Å². The average Bonchev–Trinajstić information content (AvgIpc) is 0.842. The predicted molar refractivity (Wildman–Crippen MR) is 365 cm³/mol. The van der Waals surface area contributed by atoms with Crippen LogP contribution < -0.4 is 5.32 Å². The molecule has 3 saturated heterocycles. The van der Waals surface area contributed by atoms with Gasteiger partial charge in [0.15, 0.2) is 18.9 Å². The van der Waals surface area contributed by atoms with Crippen LogP contribution in [0.3, 0.4) is 0 Å². The molecular formula is C74H131NO18. The number of unbranched alkanes of at least 4 members (excludes halogenated alkanes) is 30. The van der Waals surface area contributed by atoms with E-state index in [0.29, 0.717) is 6.42 Å². The molecular weight excluding hydrogens is 1190 g/mol. The molecule has 0 aromatic rings. The van der Waals surface area contributed by atoms with E-state index in [1.807, 2.05) is 6.08 Å². The topological polar surface area (TPSA) is 307 Å². The number of aliphatic hydroxyl groups excluding tert-OH is 11. The number of aliphatic hydroxyl groups is 11. The molecule has 17 unspecified atom stereocenters. The number of carbonyl (C=O) groups excluding carboxylic acids is 1. The minimum absolute atomic E-state index is 0.243. The van der Waals surface area contributed by atoms with Crippen molar-refractivity contribution < 1.29 is 89.4 Å². The maximum absolute atomic E-state index is 13.4. The van der Waals surface area contributed by atoms with Crippen LogP contribution in [0.1, 0.15) is 258 Å². The molecule has 3 aliphatic heterocycles. The number of hydrogen-bond donors (Lipinski definition) is 12. The number of rotatable bonds is 56. The molecule has 0 saturated carbocycles. The fraction of sp³-hybridized carbons (Fsp3) is 0.824. The molecule has 12 N–H and O–H groups in total. The van der Waals surface area contributed by atoms with Crippen LogP contribution in [0.5, 0.6) is 0 Å². The molecule has 3 rings (SSSR count). The van der Waals surface area contributed by atoms with Crippen molar-refractivity contribution in [2.24, 2.45) is 0 Å². The van der Waals surface area contributed by atoms with Crippen LogP contribution >= 0.6 is 0 Å². The Bertz CT molecular complexity index is 1970. The molecule has 3 aliphatic rings. The van der Waals surface area contributed by atoms with Gasteiger partial charge in [-0.3, -0.25) is 4.79 Å². The summed E-state index contributed by atoms with van der Waals surface area (Å²) < 4.78 is 34.3. The van der Waals surface area contributed by atoms with Gasteiger partial charge in [-0.2, -0.15) is 0 Å². The number of hydrogen-bond acceptors (Lipinski definition) is 18. The lowest BCUT2D eigenvalue weighted by Gasteiger charge is -2.48. The van der Waals surface area contributed by atoms with E-state index in [2.05, 4.69) is 79.9 Å². The summed E-state index contributed by atoms with van der Waals surface area (Å²) in [6.45, 7) is 1.62. The largest absolute Gasteiger partial charge is 0.394 e. The molecule has 0 bridgehead atoms. The van der Waals surface area contributed by atoms with Crippen LogP contribution in [0.2, 0.25) is 0 Å². The first-order valence-electron chi connectivity index (χ1n) is 36.7. The lowest BCUT2D eigenvalue weighted by molar-refractivity contribution is -0.379. The second-order valence-corrected chi connectivity index (χ2v) is 26.0. The third-order valence-corrected chi connectivity index (χ3v) is 18.0. The smallest absolute Gasteiger partial charge is 0.220 e. The van der Waals surface area contributed by atoms with Crippen molar-refractivity contribution in [1.82, 2.24) is 5.32 Å². The molecule has 0 aliphatic carbocycles. The lowest BCUT2D eigenvalue weighted by Crippen LogP contribution is -2.66. The quantitative estimate of drug-likeness (QED) is 0.0199. The van der Waals surface area contributed by atoms with Gasteiger partial charge in [0.1, 0.15) is 73.2 Å². The Kier molecular flexibility index (Phi) is 50.1. The molecule has 19 heteroatoms. The normalized spacial score (nSPS) is 27.9. The lowest BCUT2D eigenvalue weighted by atomic mass is 9.96. The first-order valence-corrected chi connectivity index (χ1v) is 36.7. The van der Waals surface area contributed by atoms with E-state index in [1.165, 1.54) is 154 Å². The summed E-state index contributed by atoms with van der Waals surface area (Å²) in [5, 5.41) is 120. The van der Waals surface area contributed by atoms with Gasteiger partial charge in [0.2, 0.25) is 5.91 Å². The predicted octanol–water partition coefficient (Wildman–Crippen LogP) is 10.5. The van der Waals surface area contributed by atoms with E-state index in [9.17, 15) is 61.0 Å². The summed E-state index contributed by atoms with van der Waals surface area (Å²) in [6, 6.07) is -0.973. The highest BCUT2D eigenvalue weighted by Crippen LogP contribution is 2.33. The third-order valence-electron chi connectivity index (χ3n) is 18.0. The van der Waals surface area contributed by atoms with Crippen molar-refractivity contribution in [3.05, 3.63) is 72.9 Å². The molecule has 17 atom stereocenters. The third kappa shape index (κ3) is 36.6. The highest BCUT2D eigenvalue weighted by molar-refractivity contribution is 5.76. The number of nitrogens with one attached hydrogen (secondary N) is 1. The van der Waals surface area contributed by atoms with Crippen molar-refractivity contribution in [2.45, 2.75) is 362 Å². The van der Waals surface area contributed by atoms with Crippen LogP contribution in [0.15, 0.2) is 72.9 Å². The first kappa shape index (κ1) is 84.5. The van der Waals surface area contributed by atoms with Gasteiger partial charge >= 0.3 is 0 Å². The van der Waals surface area contributed by atoms with Crippen molar-refractivity contribution in [2.75, 3.05) is 26.4 Å². The zero-order valence-corrected chi connectivity index (χ0v) is 57.2. The molecule has 3 fully saturated rings. The molecule has 540 valence electrons. The SMILES string of the molecule is CC/C=C\C/C=C\C/C=C\C/C=C\C/C=C\CCCCCCCCCCCCCCCCCCCCCC(=O)NC(COC1OC(CO)C(OC2OC(CO)C(OC3OC(CO)C(O)C(O)C3O)C(O)C2O)C(O)C1O)C(O)/C=C/CCCCCCCCCCCCC. The van der Waals surface area contributed by atoms with Gasteiger partial charge < -0.3 is 89.9 Å². The average molecular weight is 1320 g/mol. The Morgan fingerprint density at radius 3 is 1.16 bits per heavy atom. The molecule has 0 aromatic carbocycles. The molecule has 19 nitrogen and oxygen atoms in total. The highest BCUT2D eigenvalue weighted by atomic mass is 16.8. The summed E-state index contributed by atoms with van der Waals surface area (Å²) in [6.07, 6.45) is 43.3. The van der Waals surface area contributed by atoms with E-state index in [1.54, 1.807) is 6.08 Å². The maximum atomic E-state index is 13.4. The van der Waals surface area contributed by atoms with Crippen LogP contribution in [0.4, 0.5) is 0 Å². The molecule has 0 spiro atoms. The Hall–Kier alpha value is -2.77. The van der Waals surface area contributed by atoms with E-state index < -0.39 is 124 Å². The van der Waals surface area contributed by atoms with Gasteiger partial charge in [0.25, 0.3) is 0 Å². The highest BCUT2D eigenvalue weighted by Gasteiger charge is 2.53. The van der Waals surface area contributed by atoms with Crippen molar-refractivity contribution in [1.29, 1.82) is 0 Å². The van der Waals surface area contributed by atoms with Crippen LogP contribution in [-0.2, 0) is 33.2 Å². The zero-order chi connectivity index (χ0) is 67.5. The van der Waals surface area contributed by atoms with Gasteiger partial charge in [-0.25, -0.2) is 0 Å². The van der Waals surface area contributed by atoms with Crippen molar-refractivity contribution in [3.8, 4) is 0 Å². The number of ether oxygens (including phenoxy) is 6. The van der Waals surface area contributed by atoms with Crippen LogP contribution in [0, 0.1) is 0 Å². The molecule has 0 radical (unpaired) electrons. The first-order chi connectivity index (χ1) is 45.3. The van der Waals surface area contributed by atoms with E-state index in [4.69, 9.17) is 28.4 Å². The van der Waals surface area contributed by atoms with Crippen LogP contribution in [0.25, 0.3) is 0 Å². The second kappa shape index (κ2) is 55.1. The standard InChI is InChI=1S/C74H131NO18/c1-3-5-7-9-11-13-15-17-18-19-20-21-22-23-24-25-26-27-28-29-30-31-32-33-34-35-36-37-38-40-42-44-46-48-50-52-62(80)75-57(58(79)51-49-47-45-43-41-39-16-14-12-10-8-6-4-2)56-88-72-68(86)65(83)70(60(54-77)90-72)93-74-69(87)66(84)71(61(55-78)91-74)92-73-67(85)64(82)63(81)59(53-76)89-73/h5,7,11,13,17-18,20-21,23-24,49,51,57-61,63-74,76-79,81-87H,3-4,6,8-10,12,14-16,19,22,25-48,50,52-56H2,1-2H3,(H,75,80)/b7-5-,13-11-,18-17-,21-20-,24-23-,51-49+. The summed E-state index contributed by atoms with van der Waals surface area (Å²) in [5.74, 6) is -0.275. The summed E-state index contributed by atoms with van der Waals surface area (Å²) >= 11 is 0. The zero-order valence-electron chi connectivity index (χ0n) is 57.2. The van der Waals surface area contributed by atoms with E-state index in [-0.39, 0.29) is 18.9 Å². The van der Waals surface area contributed by atoms with E-state index in [0.717, 1.165) is 77.0 Å². The van der Waals surface area contributed by atoms with Gasteiger partial charge in [-0.15, -0.1) is 0 Å². The summed E-state index contributed by atoms with van der Waals surface area (Å²) in [5.41, 5.74) is 0. The van der Waals surface area contributed by atoms with Gasteiger partial charge in [0.05, 0.1) is 38.6 Å². The fourth-order valence-corrected chi connectivity index (χ4v) is 12.1. The van der Waals surface area contributed by atoms with Crippen molar-refractivity contribution >= 4 is 5.91 Å². The summed E-state index contributed by atoms with van der Waals surface area (Å²) in [4.78, 5) is 13.4. The Balaban J connectivity index is 1.33. The second-order valence-electron chi connectivity index (χ2n) is 26.0. The molecule has 0 aromatic heterocycles. The maximum Gasteiger partial charge on any atom is 0.220 e.